The fraction of sp³-hybridized carbons (Fsp3) is 0.667. The van der Waals surface area contributed by atoms with Gasteiger partial charge in [0.1, 0.15) is 12.2 Å². The Balaban J connectivity index is 2.29. The zero-order chi connectivity index (χ0) is 18.0. The Morgan fingerprint density at radius 1 is 1.46 bits per heavy atom. The predicted octanol–water partition coefficient (Wildman–Crippen LogP) is -0.682. The third-order valence-corrected chi connectivity index (χ3v) is 4.19. The van der Waals surface area contributed by atoms with E-state index in [0.717, 1.165) is 0 Å². The van der Waals surface area contributed by atoms with Crippen LogP contribution in [0.25, 0.3) is 0 Å². The first kappa shape index (κ1) is 18.4. The maximum atomic E-state index is 12.0. The molecule has 1 aliphatic heterocycles. The highest BCUT2D eigenvalue weighted by atomic mass is 16.6. The van der Waals surface area contributed by atoms with Crippen LogP contribution < -0.4 is 11.2 Å². The van der Waals surface area contributed by atoms with E-state index in [1.807, 2.05) is 0 Å². The van der Waals surface area contributed by atoms with Gasteiger partial charge in [-0.25, -0.2) is 4.79 Å². The summed E-state index contributed by atoms with van der Waals surface area (Å²) in [4.78, 5) is 37.3. The smallest absolute Gasteiger partial charge is 0.330 e. The van der Waals surface area contributed by atoms with Crippen molar-refractivity contribution in [3.05, 3.63) is 32.6 Å². The lowest BCUT2D eigenvalue weighted by Gasteiger charge is -2.20. The molecule has 5 atom stereocenters. The van der Waals surface area contributed by atoms with Crippen molar-refractivity contribution in [2.45, 2.75) is 44.8 Å². The topological polar surface area (TPSA) is 120 Å². The number of carbonyl (C=O) groups excluding carboxylic acids is 1. The van der Waals surface area contributed by atoms with E-state index in [4.69, 9.17) is 9.47 Å². The van der Waals surface area contributed by atoms with Crippen molar-refractivity contribution in [3.63, 3.8) is 0 Å². The minimum Gasteiger partial charge on any atom is -0.469 e. The number of esters is 1. The molecule has 2 N–H and O–H groups in total. The molecule has 0 amide bonds. The van der Waals surface area contributed by atoms with Gasteiger partial charge in [-0.15, -0.1) is 0 Å². The molecule has 0 saturated carbocycles. The largest absolute Gasteiger partial charge is 0.469 e. The Labute approximate surface area is 138 Å². The fourth-order valence-electron chi connectivity index (χ4n) is 2.81. The zero-order valence-corrected chi connectivity index (χ0v) is 14.0. The Hall–Kier alpha value is -1.97. The Morgan fingerprint density at radius 3 is 2.71 bits per heavy atom. The molecule has 2 heterocycles. The highest BCUT2D eigenvalue weighted by Gasteiger charge is 2.46. The van der Waals surface area contributed by atoms with Crippen LogP contribution in [0, 0.1) is 12.8 Å². The molecule has 0 spiro atoms. The second kappa shape index (κ2) is 7.29. The molecule has 24 heavy (non-hydrogen) atoms. The summed E-state index contributed by atoms with van der Waals surface area (Å²) in [6.45, 7) is 3.21. The molecule has 1 saturated heterocycles. The van der Waals surface area contributed by atoms with Gasteiger partial charge in [0.05, 0.1) is 19.1 Å². The fourth-order valence-corrected chi connectivity index (χ4v) is 2.81. The number of aromatic amines is 1. The summed E-state index contributed by atoms with van der Waals surface area (Å²) in [5, 5.41) is 10.4. The Bertz CT molecular complexity index is 711. The number of aromatic nitrogens is 2. The number of hydrogen-bond donors (Lipinski definition) is 2. The van der Waals surface area contributed by atoms with Crippen molar-refractivity contribution in [3.8, 4) is 0 Å². The number of hydrogen-bond acceptors (Lipinski definition) is 7. The molecule has 0 aliphatic carbocycles. The summed E-state index contributed by atoms with van der Waals surface area (Å²) in [5.74, 6) is -0.903. The number of aryl methyl sites for hydroxylation is 1. The average molecular weight is 342 g/mol. The SMILES string of the molecule is COC(=O)C(C)C[C@H]1O[C@H](n2cc(C)c(=O)[nH]c2=O)[C@@H](OC)C1O. The second-order valence-corrected chi connectivity index (χ2v) is 5.89. The molecular weight excluding hydrogens is 320 g/mol. The van der Waals surface area contributed by atoms with Crippen LogP contribution >= 0.6 is 0 Å². The van der Waals surface area contributed by atoms with E-state index in [-0.39, 0.29) is 6.42 Å². The molecule has 0 aromatic carbocycles. The van der Waals surface area contributed by atoms with Crippen molar-refractivity contribution in [2.75, 3.05) is 14.2 Å². The Morgan fingerprint density at radius 2 is 2.12 bits per heavy atom. The molecule has 0 radical (unpaired) electrons. The molecule has 2 rings (SSSR count). The van der Waals surface area contributed by atoms with Gasteiger partial charge in [-0.3, -0.25) is 19.1 Å². The molecule has 0 bridgehead atoms. The summed E-state index contributed by atoms with van der Waals surface area (Å²) in [7, 11) is 2.67. The number of carbonyl (C=O) groups is 1. The number of methoxy groups -OCH3 is 2. The summed E-state index contributed by atoms with van der Waals surface area (Å²) >= 11 is 0. The molecular formula is C15H22N2O7. The standard InChI is InChI=1S/C15H22N2O7/c1-7(14(20)23-4)5-9-10(18)11(22-3)13(24-9)17-6-8(2)12(19)16-15(17)21/h6-7,9-11,13,18H,5H2,1-4H3,(H,16,19,21)/t7?,9-,10?,11+,13+/m1/s1. The number of H-pyrrole nitrogens is 1. The number of aliphatic hydroxyl groups is 1. The lowest BCUT2D eigenvalue weighted by molar-refractivity contribution is -0.146. The summed E-state index contributed by atoms with van der Waals surface area (Å²) in [6.07, 6.45) is -1.91. The van der Waals surface area contributed by atoms with Crippen LogP contribution in [-0.2, 0) is 19.0 Å². The van der Waals surface area contributed by atoms with Crippen LogP contribution in [0.5, 0.6) is 0 Å². The van der Waals surface area contributed by atoms with Gasteiger partial charge in [-0.1, -0.05) is 6.92 Å². The van der Waals surface area contributed by atoms with Crippen LogP contribution in [0.1, 0.15) is 25.1 Å². The predicted molar refractivity (Wildman–Crippen MR) is 82.6 cm³/mol. The summed E-state index contributed by atoms with van der Waals surface area (Å²) < 4.78 is 16.9. The van der Waals surface area contributed by atoms with Crippen LogP contribution in [0.2, 0.25) is 0 Å². The van der Waals surface area contributed by atoms with Crippen molar-refractivity contribution < 1.29 is 24.1 Å². The summed E-state index contributed by atoms with van der Waals surface area (Å²) in [6, 6.07) is 0. The van der Waals surface area contributed by atoms with Crippen LogP contribution in [0.3, 0.4) is 0 Å². The van der Waals surface area contributed by atoms with Gasteiger partial charge in [0.25, 0.3) is 5.56 Å². The zero-order valence-electron chi connectivity index (χ0n) is 14.0. The number of nitrogens with zero attached hydrogens (tertiary/aromatic N) is 1. The van der Waals surface area contributed by atoms with Gasteiger partial charge in [0, 0.05) is 18.9 Å². The molecule has 1 fully saturated rings. The molecule has 134 valence electrons. The average Bonchev–Trinajstić information content (AvgIpc) is 2.85. The number of aliphatic hydroxyl groups excluding tert-OH is 1. The molecule has 1 aliphatic rings. The van der Waals surface area contributed by atoms with Crippen molar-refractivity contribution >= 4 is 5.97 Å². The normalized spacial score (nSPS) is 27.9. The lowest BCUT2D eigenvalue weighted by atomic mass is 9.99. The van der Waals surface area contributed by atoms with Crippen LogP contribution in [-0.4, -0.2) is 53.2 Å². The monoisotopic (exact) mass is 342 g/mol. The van der Waals surface area contributed by atoms with E-state index in [0.29, 0.717) is 5.56 Å². The van der Waals surface area contributed by atoms with Gasteiger partial charge in [-0.2, -0.15) is 0 Å². The first-order chi connectivity index (χ1) is 11.3. The highest BCUT2D eigenvalue weighted by molar-refractivity contribution is 5.71. The molecule has 2 unspecified atom stereocenters. The van der Waals surface area contributed by atoms with Gasteiger partial charge in [-0.05, 0) is 13.3 Å². The van der Waals surface area contributed by atoms with Crippen molar-refractivity contribution in [1.82, 2.24) is 9.55 Å². The van der Waals surface area contributed by atoms with Gasteiger partial charge < -0.3 is 19.3 Å². The number of nitrogens with one attached hydrogen (secondary N) is 1. The van der Waals surface area contributed by atoms with Gasteiger partial charge >= 0.3 is 11.7 Å². The highest BCUT2D eigenvalue weighted by Crippen LogP contribution is 2.33. The van der Waals surface area contributed by atoms with E-state index in [9.17, 15) is 19.5 Å². The minimum absolute atomic E-state index is 0.210. The minimum atomic E-state index is -1.04. The first-order valence-electron chi connectivity index (χ1n) is 7.56. The molecule has 9 heteroatoms. The van der Waals surface area contributed by atoms with Crippen molar-refractivity contribution in [2.24, 2.45) is 5.92 Å². The van der Waals surface area contributed by atoms with E-state index < -0.39 is 47.7 Å². The number of ether oxygens (including phenoxy) is 3. The summed E-state index contributed by atoms with van der Waals surface area (Å²) in [5.41, 5.74) is -0.819. The number of rotatable bonds is 5. The first-order valence-corrected chi connectivity index (χ1v) is 7.56. The molecule has 1 aromatic heterocycles. The maximum absolute atomic E-state index is 12.0. The van der Waals surface area contributed by atoms with E-state index in [2.05, 4.69) is 9.72 Å². The van der Waals surface area contributed by atoms with E-state index in [1.54, 1.807) is 13.8 Å². The lowest BCUT2D eigenvalue weighted by Crippen LogP contribution is -2.39. The molecule has 1 aromatic rings. The van der Waals surface area contributed by atoms with Gasteiger partial charge in [0.15, 0.2) is 6.23 Å². The second-order valence-electron chi connectivity index (χ2n) is 5.89. The van der Waals surface area contributed by atoms with Crippen LogP contribution in [0.15, 0.2) is 15.8 Å². The van der Waals surface area contributed by atoms with Crippen LogP contribution in [0.4, 0.5) is 0 Å². The van der Waals surface area contributed by atoms with E-state index >= 15 is 0 Å². The third-order valence-electron chi connectivity index (χ3n) is 4.19. The Kier molecular flexibility index (Phi) is 5.58. The van der Waals surface area contributed by atoms with E-state index in [1.165, 1.54) is 25.0 Å². The van der Waals surface area contributed by atoms with Crippen molar-refractivity contribution in [1.29, 1.82) is 0 Å². The molecule has 9 nitrogen and oxygen atoms in total. The van der Waals surface area contributed by atoms with Gasteiger partial charge in [0.2, 0.25) is 0 Å². The third kappa shape index (κ3) is 3.42. The maximum Gasteiger partial charge on any atom is 0.330 e. The quantitative estimate of drug-likeness (QED) is 0.680.